The molecule has 6 heteroatoms. The van der Waals surface area contributed by atoms with E-state index in [2.05, 4.69) is 10.2 Å². The van der Waals surface area contributed by atoms with Crippen molar-refractivity contribution in [1.29, 1.82) is 0 Å². The van der Waals surface area contributed by atoms with Gasteiger partial charge in [-0.25, -0.2) is 4.79 Å². The minimum Gasteiger partial charge on any atom is -0.447 e. The normalized spacial score (nSPS) is 39.0. The highest BCUT2D eigenvalue weighted by atomic mass is 16.6. The number of cyclic esters (lactones) is 1. The fraction of sp³-hybridized carbons (Fsp3) is 0.909. The maximum absolute atomic E-state index is 11.4. The van der Waals surface area contributed by atoms with Crippen molar-refractivity contribution < 1.29 is 9.53 Å². The van der Waals surface area contributed by atoms with Crippen LogP contribution in [0.1, 0.15) is 6.42 Å². The number of rotatable bonds is 1. The van der Waals surface area contributed by atoms with Crippen LogP contribution in [-0.4, -0.2) is 73.3 Å². The first-order chi connectivity index (χ1) is 8.25. The molecule has 3 N–H and O–H groups in total. The van der Waals surface area contributed by atoms with Gasteiger partial charge in [0.25, 0.3) is 0 Å². The average Bonchev–Trinajstić information content (AvgIpc) is 2.71. The van der Waals surface area contributed by atoms with E-state index >= 15 is 0 Å². The molecule has 0 spiro atoms. The molecule has 0 aromatic rings. The SMILES string of the molecule is NC1CNCCC1N1CCN2C(=O)OCC2C1. The van der Waals surface area contributed by atoms with Crippen LogP contribution in [0.4, 0.5) is 4.79 Å². The number of nitrogens with two attached hydrogens (primary N) is 1. The summed E-state index contributed by atoms with van der Waals surface area (Å²) in [7, 11) is 0. The molecule has 3 unspecified atom stereocenters. The Morgan fingerprint density at radius 2 is 2.29 bits per heavy atom. The molecule has 0 aromatic heterocycles. The average molecular weight is 240 g/mol. The zero-order valence-corrected chi connectivity index (χ0v) is 9.97. The number of hydrogen-bond donors (Lipinski definition) is 2. The van der Waals surface area contributed by atoms with Gasteiger partial charge in [-0.05, 0) is 13.0 Å². The molecule has 3 saturated heterocycles. The van der Waals surface area contributed by atoms with E-state index in [-0.39, 0.29) is 18.2 Å². The Hall–Kier alpha value is -0.850. The third-order valence-corrected chi connectivity index (χ3v) is 4.11. The second-order valence-electron chi connectivity index (χ2n) is 5.14. The van der Waals surface area contributed by atoms with Gasteiger partial charge in [0.15, 0.2) is 0 Å². The summed E-state index contributed by atoms with van der Waals surface area (Å²) in [5.41, 5.74) is 6.16. The summed E-state index contributed by atoms with van der Waals surface area (Å²) < 4.78 is 5.08. The summed E-state index contributed by atoms with van der Waals surface area (Å²) in [4.78, 5) is 15.7. The molecule has 0 radical (unpaired) electrons. The monoisotopic (exact) mass is 240 g/mol. The maximum atomic E-state index is 11.4. The highest BCUT2D eigenvalue weighted by molar-refractivity contribution is 5.70. The van der Waals surface area contributed by atoms with E-state index in [1.165, 1.54) is 0 Å². The van der Waals surface area contributed by atoms with E-state index in [1.54, 1.807) is 0 Å². The van der Waals surface area contributed by atoms with Crippen LogP contribution in [0.15, 0.2) is 0 Å². The molecule has 0 aliphatic carbocycles. The number of fused-ring (bicyclic) bond motifs is 1. The number of piperazine rings is 1. The van der Waals surface area contributed by atoms with Crippen molar-refractivity contribution >= 4 is 6.09 Å². The second kappa shape index (κ2) is 4.44. The summed E-state index contributed by atoms with van der Waals surface area (Å²) in [6.45, 7) is 5.08. The van der Waals surface area contributed by atoms with Gasteiger partial charge in [-0.1, -0.05) is 0 Å². The standard InChI is InChI=1S/C11H20N4O2/c12-9-5-13-2-1-10(9)14-3-4-15-8(6-14)7-17-11(15)16/h8-10,13H,1-7,12H2. The van der Waals surface area contributed by atoms with Crippen LogP contribution in [0.5, 0.6) is 0 Å². The van der Waals surface area contributed by atoms with Crippen molar-refractivity contribution in [2.75, 3.05) is 39.3 Å². The summed E-state index contributed by atoms with van der Waals surface area (Å²) in [5.74, 6) is 0. The molecule has 0 aromatic carbocycles. The smallest absolute Gasteiger partial charge is 0.410 e. The number of carbonyl (C=O) groups excluding carboxylic acids is 1. The van der Waals surface area contributed by atoms with Gasteiger partial charge in [-0.15, -0.1) is 0 Å². The Morgan fingerprint density at radius 3 is 3.12 bits per heavy atom. The molecule has 17 heavy (non-hydrogen) atoms. The largest absolute Gasteiger partial charge is 0.447 e. The van der Waals surface area contributed by atoms with Crippen molar-refractivity contribution in [2.24, 2.45) is 5.73 Å². The Morgan fingerprint density at radius 1 is 1.41 bits per heavy atom. The van der Waals surface area contributed by atoms with Crippen LogP contribution >= 0.6 is 0 Å². The Bertz CT molecular complexity index is 312. The molecule has 3 rings (SSSR count). The minimum atomic E-state index is -0.149. The van der Waals surface area contributed by atoms with Gasteiger partial charge in [0.1, 0.15) is 6.61 Å². The summed E-state index contributed by atoms with van der Waals surface area (Å²) in [6, 6.07) is 0.890. The maximum Gasteiger partial charge on any atom is 0.410 e. The highest BCUT2D eigenvalue weighted by Crippen LogP contribution is 2.21. The lowest BCUT2D eigenvalue weighted by atomic mass is 9.98. The molecule has 0 bridgehead atoms. The first kappa shape index (κ1) is 11.3. The van der Waals surface area contributed by atoms with Gasteiger partial charge in [0, 0.05) is 38.3 Å². The molecule has 3 fully saturated rings. The Kier molecular flexibility index (Phi) is 2.94. The zero-order chi connectivity index (χ0) is 11.8. The molecule has 3 atom stereocenters. The van der Waals surface area contributed by atoms with Gasteiger partial charge in [0.05, 0.1) is 6.04 Å². The molecule has 3 aliphatic rings. The first-order valence-corrected chi connectivity index (χ1v) is 6.39. The van der Waals surface area contributed by atoms with E-state index in [4.69, 9.17) is 10.5 Å². The predicted octanol–water partition coefficient (Wildman–Crippen LogP) is -1.19. The molecule has 3 aliphatic heterocycles. The zero-order valence-electron chi connectivity index (χ0n) is 9.97. The summed E-state index contributed by atoms with van der Waals surface area (Å²) >= 11 is 0. The predicted molar refractivity (Wildman–Crippen MR) is 62.7 cm³/mol. The van der Waals surface area contributed by atoms with Gasteiger partial charge < -0.3 is 15.8 Å². The van der Waals surface area contributed by atoms with Crippen LogP contribution in [0.3, 0.4) is 0 Å². The Balaban J connectivity index is 1.64. The number of nitrogens with one attached hydrogen (secondary N) is 1. The molecule has 6 nitrogen and oxygen atoms in total. The highest BCUT2D eigenvalue weighted by Gasteiger charge is 2.40. The van der Waals surface area contributed by atoms with E-state index in [1.807, 2.05) is 4.90 Å². The lowest BCUT2D eigenvalue weighted by Crippen LogP contribution is -2.62. The van der Waals surface area contributed by atoms with E-state index in [0.717, 1.165) is 39.1 Å². The lowest BCUT2D eigenvalue weighted by Gasteiger charge is -2.43. The lowest BCUT2D eigenvalue weighted by molar-refractivity contribution is 0.0668. The Labute approximate surface area is 101 Å². The van der Waals surface area contributed by atoms with Crippen molar-refractivity contribution in [1.82, 2.24) is 15.1 Å². The van der Waals surface area contributed by atoms with Crippen LogP contribution < -0.4 is 11.1 Å². The van der Waals surface area contributed by atoms with E-state index in [9.17, 15) is 4.79 Å². The number of piperidine rings is 1. The number of nitrogens with zero attached hydrogens (tertiary/aromatic N) is 2. The fourth-order valence-electron chi connectivity index (χ4n) is 3.14. The quantitative estimate of drug-likeness (QED) is 0.603. The fourth-order valence-corrected chi connectivity index (χ4v) is 3.14. The third-order valence-electron chi connectivity index (χ3n) is 4.11. The molecular weight excluding hydrogens is 220 g/mol. The van der Waals surface area contributed by atoms with E-state index in [0.29, 0.717) is 12.6 Å². The number of ether oxygens (including phenoxy) is 1. The second-order valence-corrected chi connectivity index (χ2v) is 5.14. The molecular formula is C11H20N4O2. The van der Waals surface area contributed by atoms with Gasteiger partial charge in [-0.2, -0.15) is 0 Å². The molecule has 3 heterocycles. The van der Waals surface area contributed by atoms with Crippen molar-refractivity contribution in [3.63, 3.8) is 0 Å². The van der Waals surface area contributed by atoms with Crippen LogP contribution in [0.2, 0.25) is 0 Å². The summed E-state index contributed by atoms with van der Waals surface area (Å²) in [6.07, 6.45) is 0.951. The van der Waals surface area contributed by atoms with Crippen LogP contribution in [-0.2, 0) is 4.74 Å². The number of carbonyl (C=O) groups is 1. The van der Waals surface area contributed by atoms with Crippen LogP contribution in [0.25, 0.3) is 0 Å². The van der Waals surface area contributed by atoms with Crippen molar-refractivity contribution in [3.8, 4) is 0 Å². The van der Waals surface area contributed by atoms with Crippen molar-refractivity contribution in [3.05, 3.63) is 0 Å². The number of hydrogen-bond acceptors (Lipinski definition) is 5. The number of amides is 1. The first-order valence-electron chi connectivity index (χ1n) is 6.39. The van der Waals surface area contributed by atoms with Crippen molar-refractivity contribution in [2.45, 2.75) is 24.5 Å². The summed E-state index contributed by atoms with van der Waals surface area (Å²) in [5, 5.41) is 3.32. The molecule has 1 amide bonds. The van der Waals surface area contributed by atoms with Gasteiger partial charge >= 0.3 is 6.09 Å². The van der Waals surface area contributed by atoms with E-state index < -0.39 is 0 Å². The topological polar surface area (TPSA) is 70.8 Å². The third kappa shape index (κ3) is 2.00. The van der Waals surface area contributed by atoms with Gasteiger partial charge in [0.2, 0.25) is 0 Å². The van der Waals surface area contributed by atoms with Gasteiger partial charge in [-0.3, -0.25) is 9.80 Å². The molecule has 96 valence electrons. The minimum absolute atomic E-state index is 0.149. The molecule has 0 saturated carbocycles. The van der Waals surface area contributed by atoms with Crippen LogP contribution in [0, 0.1) is 0 Å².